The van der Waals surface area contributed by atoms with Gasteiger partial charge in [-0.05, 0) is 41.0 Å². The van der Waals surface area contributed by atoms with E-state index < -0.39 is 36.9 Å². The molecule has 2 aromatic carbocycles. The summed E-state index contributed by atoms with van der Waals surface area (Å²) in [5, 5.41) is 13.5. The van der Waals surface area contributed by atoms with Gasteiger partial charge in [-0.25, -0.2) is 13.6 Å². The van der Waals surface area contributed by atoms with Crippen LogP contribution in [0.2, 0.25) is 0 Å². The number of halogens is 2. The molecule has 35 heavy (non-hydrogen) atoms. The normalized spacial score (nSPS) is 14.1. The molecule has 1 aliphatic rings. The van der Waals surface area contributed by atoms with Crippen molar-refractivity contribution in [3.05, 3.63) is 59.7 Å². The third-order valence-electron chi connectivity index (χ3n) is 6.15. The number of fused-ring (bicyclic) bond motifs is 3. The van der Waals surface area contributed by atoms with Gasteiger partial charge in [-0.1, -0.05) is 55.5 Å². The third-order valence-corrected chi connectivity index (χ3v) is 6.15. The average molecular weight is 489 g/mol. The van der Waals surface area contributed by atoms with Crippen molar-refractivity contribution in [1.29, 1.82) is 0 Å². The minimum absolute atomic E-state index is 0.00394. The predicted octanol–water partition coefficient (Wildman–Crippen LogP) is 4.56. The van der Waals surface area contributed by atoms with E-state index in [2.05, 4.69) is 10.6 Å². The summed E-state index contributed by atoms with van der Waals surface area (Å²) in [4.78, 5) is 35.5. The molecule has 0 radical (unpaired) electrons. The van der Waals surface area contributed by atoms with Crippen molar-refractivity contribution in [1.82, 2.24) is 10.6 Å². The molecule has 1 aliphatic carbocycles. The molecular weight excluding hydrogens is 458 g/mol. The summed E-state index contributed by atoms with van der Waals surface area (Å²) in [6.45, 7) is 2.04. The second-order valence-electron chi connectivity index (χ2n) is 8.77. The van der Waals surface area contributed by atoms with Gasteiger partial charge >= 0.3 is 12.1 Å². The Bertz CT molecular complexity index is 1000. The highest BCUT2D eigenvalue weighted by Crippen LogP contribution is 2.44. The van der Waals surface area contributed by atoms with E-state index in [0.717, 1.165) is 22.3 Å². The molecule has 0 fully saturated rings. The number of alkyl carbamates (subject to hydrolysis) is 1. The summed E-state index contributed by atoms with van der Waals surface area (Å²) < 4.78 is 31.5. The molecule has 0 saturated carbocycles. The van der Waals surface area contributed by atoms with E-state index in [9.17, 15) is 23.2 Å². The summed E-state index contributed by atoms with van der Waals surface area (Å²) in [6.07, 6.45) is -3.62. The van der Waals surface area contributed by atoms with Crippen LogP contribution in [0.1, 0.15) is 49.7 Å². The van der Waals surface area contributed by atoms with Crippen molar-refractivity contribution in [2.24, 2.45) is 5.92 Å². The van der Waals surface area contributed by atoms with E-state index in [1.165, 1.54) is 0 Å². The Labute approximate surface area is 202 Å². The Hall–Kier alpha value is -3.49. The number of benzene rings is 2. The average Bonchev–Trinajstić information content (AvgIpc) is 3.14. The van der Waals surface area contributed by atoms with Gasteiger partial charge in [0.2, 0.25) is 12.3 Å². The van der Waals surface area contributed by atoms with Crippen molar-refractivity contribution in [2.75, 3.05) is 13.2 Å². The van der Waals surface area contributed by atoms with Gasteiger partial charge < -0.3 is 20.5 Å². The van der Waals surface area contributed by atoms with Crippen LogP contribution in [0.25, 0.3) is 11.1 Å². The quantitative estimate of drug-likeness (QED) is 0.406. The number of carboxylic acid groups (broad SMARTS) is 1. The number of carbonyl (C=O) groups excluding carboxylic acids is 2. The second kappa shape index (κ2) is 12.3. The minimum Gasteiger partial charge on any atom is -0.481 e. The van der Waals surface area contributed by atoms with E-state index in [1.54, 1.807) is 0 Å². The number of aliphatic carboxylic acids is 1. The van der Waals surface area contributed by atoms with Crippen molar-refractivity contribution < 1.29 is 33.0 Å². The number of hydrogen-bond donors (Lipinski definition) is 3. The Kier molecular flexibility index (Phi) is 9.17. The first-order valence-electron chi connectivity index (χ1n) is 11.7. The van der Waals surface area contributed by atoms with Gasteiger partial charge in [-0.2, -0.15) is 0 Å². The van der Waals surface area contributed by atoms with Crippen LogP contribution >= 0.6 is 0 Å². The highest BCUT2D eigenvalue weighted by atomic mass is 19.3. The van der Waals surface area contributed by atoms with Crippen LogP contribution in [-0.4, -0.2) is 48.7 Å². The summed E-state index contributed by atoms with van der Waals surface area (Å²) in [5.74, 6) is -1.78. The Morgan fingerprint density at radius 3 is 2.17 bits per heavy atom. The lowest BCUT2D eigenvalue weighted by molar-refractivity contribution is -0.137. The standard InChI is InChI=1S/C26H30F2N2O5/c1-16(10-11-24(31)32)12-13-29-25(33)22(14-23(27)28)30-26(34)35-15-21-19-8-4-2-6-17(19)18-7-3-5-9-20(18)21/h2-9,16,21-23H,10-15H2,1H3,(H,29,33)(H,30,34)(H,31,32). The number of amides is 2. The van der Waals surface area contributed by atoms with Crippen molar-refractivity contribution >= 4 is 18.0 Å². The van der Waals surface area contributed by atoms with E-state index in [1.807, 2.05) is 55.5 Å². The maximum absolute atomic E-state index is 13.1. The minimum atomic E-state index is -2.80. The first-order chi connectivity index (χ1) is 16.8. The van der Waals surface area contributed by atoms with Crippen LogP contribution in [-0.2, 0) is 14.3 Å². The molecule has 2 amide bonds. The van der Waals surface area contributed by atoms with E-state index in [-0.39, 0.29) is 31.4 Å². The first-order valence-corrected chi connectivity index (χ1v) is 11.7. The number of alkyl halides is 2. The fourth-order valence-electron chi connectivity index (χ4n) is 4.27. The highest BCUT2D eigenvalue weighted by Gasteiger charge is 2.30. The van der Waals surface area contributed by atoms with E-state index in [0.29, 0.717) is 12.8 Å². The maximum atomic E-state index is 13.1. The van der Waals surface area contributed by atoms with Crippen LogP contribution in [0.4, 0.5) is 13.6 Å². The van der Waals surface area contributed by atoms with E-state index >= 15 is 0 Å². The predicted molar refractivity (Wildman–Crippen MR) is 126 cm³/mol. The number of carboxylic acids is 1. The van der Waals surface area contributed by atoms with Gasteiger partial charge in [0.1, 0.15) is 12.6 Å². The summed E-state index contributed by atoms with van der Waals surface area (Å²) >= 11 is 0. The van der Waals surface area contributed by atoms with Gasteiger partial charge in [0.15, 0.2) is 0 Å². The Morgan fingerprint density at radius 2 is 1.60 bits per heavy atom. The van der Waals surface area contributed by atoms with Gasteiger partial charge in [0.25, 0.3) is 0 Å². The molecule has 0 spiro atoms. The first kappa shape index (κ1) is 26.1. The topological polar surface area (TPSA) is 105 Å². The molecule has 0 aliphatic heterocycles. The van der Waals surface area contributed by atoms with Crippen LogP contribution < -0.4 is 10.6 Å². The smallest absolute Gasteiger partial charge is 0.407 e. The van der Waals surface area contributed by atoms with Crippen molar-refractivity contribution in [3.63, 3.8) is 0 Å². The lowest BCUT2D eigenvalue weighted by Crippen LogP contribution is -2.48. The number of hydrogen-bond acceptors (Lipinski definition) is 4. The van der Waals surface area contributed by atoms with Crippen molar-refractivity contribution in [2.45, 2.75) is 51.0 Å². The second-order valence-corrected chi connectivity index (χ2v) is 8.77. The fourth-order valence-corrected chi connectivity index (χ4v) is 4.27. The third kappa shape index (κ3) is 7.24. The monoisotopic (exact) mass is 488 g/mol. The maximum Gasteiger partial charge on any atom is 0.407 e. The van der Waals surface area contributed by atoms with Gasteiger partial charge in [0.05, 0.1) is 0 Å². The van der Waals surface area contributed by atoms with Crippen LogP contribution in [0.3, 0.4) is 0 Å². The van der Waals surface area contributed by atoms with Crippen LogP contribution in [0.5, 0.6) is 0 Å². The zero-order valence-corrected chi connectivity index (χ0v) is 19.5. The summed E-state index contributed by atoms with van der Waals surface area (Å²) in [7, 11) is 0. The molecule has 2 unspecified atom stereocenters. The zero-order valence-electron chi connectivity index (χ0n) is 19.5. The number of rotatable bonds is 12. The molecule has 3 N–H and O–H groups in total. The lowest BCUT2D eigenvalue weighted by Gasteiger charge is -2.20. The van der Waals surface area contributed by atoms with Gasteiger partial charge in [-0.15, -0.1) is 0 Å². The highest BCUT2D eigenvalue weighted by molar-refractivity contribution is 5.85. The lowest BCUT2D eigenvalue weighted by atomic mass is 9.98. The summed E-state index contributed by atoms with van der Waals surface area (Å²) in [6, 6.07) is 14.2. The molecule has 2 atom stereocenters. The molecule has 9 heteroatoms. The summed E-state index contributed by atoms with van der Waals surface area (Å²) in [5.41, 5.74) is 4.15. The molecule has 7 nitrogen and oxygen atoms in total. The van der Waals surface area contributed by atoms with Crippen LogP contribution in [0.15, 0.2) is 48.5 Å². The molecule has 188 valence electrons. The molecule has 0 saturated heterocycles. The number of ether oxygens (including phenoxy) is 1. The molecule has 3 rings (SSSR count). The molecule has 0 heterocycles. The van der Waals surface area contributed by atoms with Gasteiger partial charge in [0, 0.05) is 25.3 Å². The molecule has 0 bridgehead atoms. The molecule has 2 aromatic rings. The van der Waals surface area contributed by atoms with Gasteiger partial charge in [-0.3, -0.25) is 9.59 Å². The molecule has 0 aromatic heterocycles. The molecular formula is C26H30F2N2O5. The SMILES string of the molecule is CC(CCNC(=O)C(CC(F)F)NC(=O)OCC1c2ccccc2-c2ccccc21)CCC(=O)O. The Morgan fingerprint density at radius 1 is 1.00 bits per heavy atom. The van der Waals surface area contributed by atoms with Crippen LogP contribution in [0, 0.1) is 5.92 Å². The zero-order chi connectivity index (χ0) is 25.4. The fraction of sp³-hybridized carbons (Fsp3) is 0.423. The van der Waals surface area contributed by atoms with Crippen molar-refractivity contribution in [3.8, 4) is 11.1 Å². The number of carbonyl (C=O) groups is 3. The van der Waals surface area contributed by atoms with E-state index in [4.69, 9.17) is 9.84 Å². The number of nitrogens with one attached hydrogen (secondary N) is 2. The Balaban J connectivity index is 1.54. The largest absolute Gasteiger partial charge is 0.481 e.